The fourth-order valence-electron chi connectivity index (χ4n) is 1.97. The van der Waals surface area contributed by atoms with Crippen molar-refractivity contribution in [3.8, 4) is 17.2 Å². The summed E-state index contributed by atoms with van der Waals surface area (Å²) in [4.78, 5) is 11.4. The van der Waals surface area contributed by atoms with Gasteiger partial charge in [-0.05, 0) is 104 Å². The Kier molecular flexibility index (Phi) is 6.19. The molecule has 4 nitrogen and oxygen atoms in total. The molecule has 7 heteroatoms. The van der Waals surface area contributed by atoms with Crippen LogP contribution < -0.4 is 9.47 Å². The summed E-state index contributed by atoms with van der Waals surface area (Å²) in [5.41, 5.74) is -0.329. The minimum absolute atomic E-state index is 0.584. The Balaban J connectivity index is 2.39. The lowest BCUT2D eigenvalue weighted by Crippen LogP contribution is -2.28. The molecule has 0 spiro atoms. The highest BCUT2D eigenvalue weighted by atomic mass is 127. The topological polar surface area (TPSA) is 55.8 Å². The first-order chi connectivity index (χ1) is 11.2. The first-order valence-corrected chi connectivity index (χ1v) is 9.57. The molecule has 0 bridgehead atoms. The van der Waals surface area contributed by atoms with E-state index in [-0.39, 0.29) is 0 Å². The Bertz CT molecular complexity index is 767. The number of benzene rings is 2. The van der Waals surface area contributed by atoms with Gasteiger partial charge in [0.2, 0.25) is 0 Å². The number of halogens is 3. The summed E-state index contributed by atoms with van der Waals surface area (Å²) in [6, 6.07) is 9.05. The van der Waals surface area contributed by atoms with Crippen LogP contribution in [0.2, 0.25) is 0 Å². The van der Waals surface area contributed by atoms with Gasteiger partial charge in [0.1, 0.15) is 11.5 Å². The van der Waals surface area contributed by atoms with Gasteiger partial charge in [0.25, 0.3) is 0 Å². The van der Waals surface area contributed by atoms with E-state index in [9.17, 15) is 9.90 Å². The van der Waals surface area contributed by atoms with E-state index in [2.05, 4.69) is 54.5 Å². The number of rotatable bonds is 5. The average molecular weight is 570 g/mol. The SMILES string of the molecule is COc1ccc(Oc2c(Br)cc(C(C)(C)C(=O)O)cc2Br)cc1I. The van der Waals surface area contributed by atoms with E-state index in [4.69, 9.17) is 9.47 Å². The van der Waals surface area contributed by atoms with Crippen molar-refractivity contribution >= 4 is 60.4 Å². The fourth-order valence-corrected chi connectivity index (χ4v) is 4.03. The summed E-state index contributed by atoms with van der Waals surface area (Å²) in [6.45, 7) is 3.33. The molecule has 2 aromatic rings. The number of aliphatic carboxylic acids is 1. The third-order valence-corrected chi connectivity index (χ3v) is 5.62. The van der Waals surface area contributed by atoms with Gasteiger partial charge in [-0.2, -0.15) is 0 Å². The molecule has 0 aromatic heterocycles. The third kappa shape index (κ3) is 4.05. The molecular formula is C17H15Br2IO4. The summed E-state index contributed by atoms with van der Waals surface area (Å²) in [6.07, 6.45) is 0. The van der Waals surface area contributed by atoms with Gasteiger partial charge in [0, 0.05) is 0 Å². The highest BCUT2D eigenvalue weighted by molar-refractivity contribution is 14.1. The number of carboxylic acids is 1. The molecule has 0 radical (unpaired) electrons. The quantitative estimate of drug-likeness (QED) is 0.450. The van der Waals surface area contributed by atoms with Gasteiger partial charge in [0.05, 0.1) is 25.0 Å². The van der Waals surface area contributed by atoms with Crippen LogP contribution in [0.4, 0.5) is 0 Å². The Morgan fingerprint density at radius 3 is 2.21 bits per heavy atom. The Hall–Kier alpha value is -0.800. The van der Waals surface area contributed by atoms with Crippen molar-refractivity contribution in [3.05, 3.63) is 48.4 Å². The van der Waals surface area contributed by atoms with Crippen LogP contribution in [0.25, 0.3) is 0 Å². The largest absolute Gasteiger partial charge is 0.496 e. The van der Waals surface area contributed by atoms with Crippen LogP contribution in [-0.2, 0) is 10.2 Å². The molecule has 0 fully saturated rings. The van der Waals surface area contributed by atoms with Crippen LogP contribution in [0, 0.1) is 3.57 Å². The summed E-state index contributed by atoms with van der Waals surface area (Å²) in [7, 11) is 1.62. The molecule has 0 saturated carbocycles. The molecular weight excluding hydrogens is 555 g/mol. The molecule has 2 rings (SSSR count). The van der Waals surface area contributed by atoms with Gasteiger partial charge >= 0.3 is 5.97 Å². The summed E-state index contributed by atoms with van der Waals surface area (Å²) >= 11 is 9.11. The number of carbonyl (C=O) groups is 1. The molecule has 2 aromatic carbocycles. The van der Waals surface area contributed by atoms with Crippen molar-refractivity contribution < 1.29 is 19.4 Å². The smallest absolute Gasteiger partial charge is 0.313 e. The molecule has 0 aliphatic heterocycles. The molecule has 0 saturated heterocycles. The number of ether oxygens (including phenoxy) is 2. The zero-order chi connectivity index (χ0) is 18.1. The molecule has 1 N–H and O–H groups in total. The lowest BCUT2D eigenvalue weighted by atomic mass is 9.85. The molecule has 0 aliphatic carbocycles. The van der Waals surface area contributed by atoms with Crippen molar-refractivity contribution in [2.75, 3.05) is 7.11 Å². The summed E-state index contributed by atoms with van der Waals surface area (Å²) < 4.78 is 13.5. The lowest BCUT2D eigenvalue weighted by Gasteiger charge is -2.21. The second-order valence-electron chi connectivity index (χ2n) is 5.60. The van der Waals surface area contributed by atoms with Crippen LogP contribution in [0.3, 0.4) is 0 Å². The van der Waals surface area contributed by atoms with Crippen LogP contribution in [0.15, 0.2) is 39.3 Å². The van der Waals surface area contributed by atoms with Crippen LogP contribution in [0.1, 0.15) is 19.4 Å². The van der Waals surface area contributed by atoms with Crippen molar-refractivity contribution in [1.82, 2.24) is 0 Å². The van der Waals surface area contributed by atoms with E-state index in [1.165, 1.54) is 0 Å². The monoisotopic (exact) mass is 568 g/mol. The normalized spacial score (nSPS) is 11.2. The number of carboxylic acid groups (broad SMARTS) is 1. The van der Waals surface area contributed by atoms with E-state index < -0.39 is 11.4 Å². The predicted molar refractivity (Wildman–Crippen MR) is 108 cm³/mol. The van der Waals surface area contributed by atoms with E-state index in [1.54, 1.807) is 33.1 Å². The zero-order valence-electron chi connectivity index (χ0n) is 13.2. The number of hydrogen-bond donors (Lipinski definition) is 1. The maximum Gasteiger partial charge on any atom is 0.313 e. The van der Waals surface area contributed by atoms with Gasteiger partial charge in [-0.1, -0.05) is 0 Å². The predicted octanol–water partition coefficient (Wildman–Crippen LogP) is 5.98. The van der Waals surface area contributed by atoms with E-state index in [0.717, 1.165) is 9.32 Å². The summed E-state index contributed by atoms with van der Waals surface area (Å²) in [5.74, 6) is 1.13. The highest BCUT2D eigenvalue weighted by Gasteiger charge is 2.31. The molecule has 0 unspecified atom stereocenters. The lowest BCUT2D eigenvalue weighted by molar-refractivity contribution is -0.142. The van der Waals surface area contributed by atoms with E-state index in [0.29, 0.717) is 26.0 Å². The van der Waals surface area contributed by atoms with Gasteiger partial charge in [-0.3, -0.25) is 4.79 Å². The first kappa shape index (κ1) is 19.5. The molecule has 0 atom stereocenters. The molecule has 24 heavy (non-hydrogen) atoms. The van der Waals surface area contributed by atoms with Gasteiger partial charge in [-0.15, -0.1) is 0 Å². The minimum atomic E-state index is -1.00. The van der Waals surface area contributed by atoms with Crippen molar-refractivity contribution in [3.63, 3.8) is 0 Å². The van der Waals surface area contributed by atoms with E-state index >= 15 is 0 Å². The number of hydrogen-bond acceptors (Lipinski definition) is 3. The second-order valence-corrected chi connectivity index (χ2v) is 8.47. The molecule has 0 heterocycles. The molecule has 0 aliphatic rings. The fraction of sp³-hybridized carbons (Fsp3) is 0.235. The van der Waals surface area contributed by atoms with E-state index in [1.807, 2.05) is 18.2 Å². The maximum absolute atomic E-state index is 11.4. The van der Waals surface area contributed by atoms with Gasteiger partial charge in [0.15, 0.2) is 5.75 Å². The average Bonchev–Trinajstić information content (AvgIpc) is 2.50. The third-order valence-electron chi connectivity index (χ3n) is 3.60. The van der Waals surface area contributed by atoms with Crippen LogP contribution in [-0.4, -0.2) is 18.2 Å². The maximum atomic E-state index is 11.4. The first-order valence-electron chi connectivity index (χ1n) is 6.91. The summed E-state index contributed by atoms with van der Waals surface area (Å²) in [5, 5.41) is 9.39. The Morgan fingerprint density at radius 2 is 1.75 bits per heavy atom. The minimum Gasteiger partial charge on any atom is -0.496 e. The van der Waals surface area contributed by atoms with Crippen molar-refractivity contribution in [2.45, 2.75) is 19.3 Å². The van der Waals surface area contributed by atoms with Crippen molar-refractivity contribution in [1.29, 1.82) is 0 Å². The Morgan fingerprint density at radius 1 is 1.17 bits per heavy atom. The van der Waals surface area contributed by atoms with Crippen LogP contribution >= 0.6 is 54.5 Å². The van der Waals surface area contributed by atoms with Crippen molar-refractivity contribution in [2.24, 2.45) is 0 Å². The molecule has 128 valence electrons. The second kappa shape index (κ2) is 7.61. The van der Waals surface area contributed by atoms with Gasteiger partial charge in [-0.25, -0.2) is 0 Å². The zero-order valence-corrected chi connectivity index (χ0v) is 18.5. The van der Waals surface area contributed by atoms with Gasteiger partial charge < -0.3 is 14.6 Å². The van der Waals surface area contributed by atoms with Crippen LogP contribution in [0.5, 0.6) is 17.2 Å². The highest BCUT2D eigenvalue weighted by Crippen LogP contribution is 2.41. The molecule has 0 amide bonds. The standard InChI is InChI=1S/C17H15Br2IO4/c1-17(2,16(21)22)9-6-11(18)15(12(19)7-9)24-10-4-5-14(23-3)13(20)8-10/h4-8H,1-3H3,(H,21,22). The Labute approximate surface area is 170 Å². The number of methoxy groups -OCH3 is 1.